The van der Waals surface area contributed by atoms with Crippen LogP contribution >= 0.6 is 0 Å². The SMILES string of the molecule is Cc1ccc(S(=O)(=O)Nc2cc(C(N)=O)cc(C(F)(F)F)c2)cc1. The Balaban J connectivity index is 2.46. The maximum atomic E-state index is 12.9. The first-order valence-corrected chi connectivity index (χ1v) is 8.09. The minimum atomic E-state index is -4.75. The van der Waals surface area contributed by atoms with Crippen LogP contribution in [0.25, 0.3) is 0 Å². The van der Waals surface area contributed by atoms with Crippen molar-refractivity contribution in [3.63, 3.8) is 0 Å². The Hall–Kier alpha value is -2.55. The lowest BCUT2D eigenvalue weighted by atomic mass is 10.1. The van der Waals surface area contributed by atoms with E-state index in [-0.39, 0.29) is 4.90 Å². The van der Waals surface area contributed by atoms with Gasteiger partial charge in [0.25, 0.3) is 10.0 Å². The van der Waals surface area contributed by atoms with Crippen LogP contribution in [0.4, 0.5) is 18.9 Å². The number of alkyl halides is 3. The maximum Gasteiger partial charge on any atom is 0.416 e. The summed E-state index contributed by atoms with van der Waals surface area (Å²) in [6.45, 7) is 1.76. The number of rotatable bonds is 4. The van der Waals surface area contributed by atoms with E-state index in [1.165, 1.54) is 12.1 Å². The molecule has 0 atom stereocenters. The summed E-state index contributed by atoms with van der Waals surface area (Å²) in [6.07, 6.45) is -4.75. The van der Waals surface area contributed by atoms with Crippen LogP contribution < -0.4 is 10.5 Å². The van der Waals surface area contributed by atoms with Crippen LogP contribution in [0.15, 0.2) is 47.4 Å². The molecule has 0 radical (unpaired) electrons. The second kappa shape index (κ2) is 6.16. The number of carbonyl (C=O) groups excluding carboxylic acids is 1. The number of carbonyl (C=O) groups is 1. The molecule has 128 valence electrons. The minimum Gasteiger partial charge on any atom is -0.366 e. The van der Waals surface area contributed by atoms with Gasteiger partial charge >= 0.3 is 6.18 Å². The van der Waals surface area contributed by atoms with Gasteiger partial charge in [0, 0.05) is 5.56 Å². The number of sulfonamides is 1. The lowest BCUT2D eigenvalue weighted by molar-refractivity contribution is -0.137. The van der Waals surface area contributed by atoms with Crippen molar-refractivity contribution in [2.75, 3.05) is 4.72 Å². The van der Waals surface area contributed by atoms with E-state index in [0.29, 0.717) is 12.1 Å². The zero-order valence-corrected chi connectivity index (χ0v) is 13.2. The molecule has 0 spiro atoms. The Morgan fingerprint density at radius 1 is 1.08 bits per heavy atom. The Kier molecular flexibility index (Phi) is 4.57. The topological polar surface area (TPSA) is 89.3 Å². The van der Waals surface area contributed by atoms with E-state index in [4.69, 9.17) is 5.73 Å². The van der Waals surface area contributed by atoms with Gasteiger partial charge < -0.3 is 5.73 Å². The van der Waals surface area contributed by atoms with Crippen molar-refractivity contribution >= 4 is 21.6 Å². The molecule has 0 aliphatic carbocycles. The Morgan fingerprint density at radius 2 is 1.67 bits per heavy atom. The smallest absolute Gasteiger partial charge is 0.366 e. The number of nitrogens with two attached hydrogens (primary N) is 1. The number of primary amides is 1. The molecule has 0 saturated heterocycles. The average molecular weight is 358 g/mol. The number of nitrogens with one attached hydrogen (secondary N) is 1. The predicted molar refractivity (Wildman–Crippen MR) is 81.9 cm³/mol. The first kappa shape index (κ1) is 17.8. The van der Waals surface area contributed by atoms with E-state index in [2.05, 4.69) is 0 Å². The second-order valence-electron chi connectivity index (χ2n) is 5.08. The number of hydrogen-bond donors (Lipinski definition) is 2. The average Bonchev–Trinajstić information content (AvgIpc) is 2.46. The van der Waals surface area contributed by atoms with Gasteiger partial charge in [-0.1, -0.05) is 17.7 Å². The highest BCUT2D eigenvalue weighted by Gasteiger charge is 2.32. The quantitative estimate of drug-likeness (QED) is 0.881. The number of halogens is 3. The molecule has 0 unspecified atom stereocenters. The highest BCUT2D eigenvalue weighted by atomic mass is 32.2. The Labute approximate surface area is 136 Å². The molecule has 0 aliphatic heterocycles. The molecule has 3 N–H and O–H groups in total. The lowest BCUT2D eigenvalue weighted by Gasteiger charge is -2.13. The maximum absolute atomic E-state index is 12.9. The fraction of sp³-hybridized carbons (Fsp3) is 0.133. The van der Waals surface area contributed by atoms with Crippen molar-refractivity contribution < 1.29 is 26.4 Å². The summed E-state index contributed by atoms with van der Waals surface area (Å²) in [6, 6.07) is 7.85. The summed E-state index contributed by atoms with van der Waals surface area (Å²) in [5.41, 5.74) is 3.79. The summed E-state index contributed by atoms with van der Waals surface area (Å²) in [4.78, 5) is 11.1. The van der Waals surface area contributed by atoms with Crippen LogP contribution in [0.2, 0.25) is 0 Å². The molecule has 9 heteroatoms. The van der Waals surface area contributed by atoms with Crippen molar-refractivity contribution in [3.05, 3.63) is 59.2 Å². The summed E-state index contributed by atoms with van der Waals surface area (Å²) >= 11 is 0. The minimum absolute atomic E-state index is 0.119. The molecule has 24 heavy (non-hydrogen) atoms. The number of hydrogen-bond acceptors (Lipinski definition) is 3. The molecule has 0 bridgehead atoms. The van der Waals surface area contributed by atoms with Crippen LogP contribution in [0.5, 0.6) is 0 Å². The number of anilines is 1. The normalized spacial score (nSPS) is 12.0. The van der Waals surface area contributed by atoms with Crippen molar-refractivity contribution in [1.82, 2.24) is 0 Å². The lowest BCUT2D eigenvalue weighted by Crippen LogP contribution is -2.17. The molecule has 0 heterocycles. The summed E-state index contributed by atoms with van der Waals surface area (Å²) in [7, 11) is -4.10. The molecule has 1 amide bonds. The number of aryl methyl sites for hydroxylation is 1. The summed E-state index contributed by atoms with van der Waals surface area (Å²) in [5, 5.41) is 0. The number of benzene rings is 2. The molecule has 2 aromatic carbocycles. The fourth-order valence-electron chi connectivity index (χ4n) is 1.92. The van der Waals surface area contributed by atoms with E-state index in [0.717, 1.165) is 11.6 Å². The zero-order chi connectivity index (χ0) is 18.1. The van der Waals surface area contributed by atoms with E-state index in [9.17, 15) is 26.4 Å². The van der Waals surface area contributed by atoms with E-state index in [1.807, 2.05) is 4.72 Å². The van der Waals surface area contributed by atoms with E-state index in [1.54, 1.807) is 19.1 Å². The van der Waals surface area contributed by atoms with Crippen molar-refractivity contribution in [2.45, 2.75) is 18.0 Å². The Bertz CT molecular complexity index is 876. The highest BCUT2D eigenvalue weighted by molar-refractivity contribution is 7.92. The molecule has 0 fully saturated rings. The molecule has 2 rings (SSSR count). The molecule has 0 aromatic heterocycles. The molecule has 2 aromatic rings. The van der Waals surface area contributed by atoms with Crippen LogP contribution in [-0.2, 0) is 16.2 Å². The van der Waals surface area contributed by atoms with Crippen molar-refractivity contribution in [1.29, 1.82) is 0 Å². The van der Waals surface area contributed by atoms with Gasteiger partial charge in [-0.25, -0.2) is 8.42 Å². The van der Waals surface area contributed by atoms with Gasteiger partial charge in [-0.05, 0) is 37.3 Å². The van der Waals surface area contributed by atoms with E-state index >= 15 is 0 Å². The van der Waals surface area contributed by atoms with Crippen LogP contribution in [0.3, 0.4) is 0 Å². The zero-order valence-electron chi connectivity index (χ0n) is 12.4. The second-order valence-corrected chi connectivity index (χ2v) is 6.76. The van der Waals surface area contributed by atoms with Gasteiger partial charge in [-0.3, -0.25) is 9.52 Å². The molecule has 0 saturated carbocycles. The van der Waals surface area contributed by atoms with Gasteiger partial charge in [-0.2, -0.15) is 13.2 Å². The van der Waals surface area contributed by atoms with E-state index < -0.39 is 38.9 Å². The van der Waals surface area contributed by atoms with Crippen molar-refractivity contribution in [2.24, 2.45) is 5.73 Å². The predicted octanol–water partition coefficient (Wildman–Crippen LogP) is 2.91. The van der Waals surface area contributed by atoms with Crippen LogP contribution in [0.1, 0.15) is 21.5 Å². The summed E-state index contributed by atoms with van der Waals surface area (Å²) in [5.74, 6) is -1.10. The molecule has 5 nitrogen and oxygen atoms in total. The molecular formula is C15H13F3N2O3S. The van der Waals surface area contributed by atoms with Gasteiger partial charge in [-0.15, -0.1) is 0 Å². The first-order valence-electron chi connectivity index (χ1n) is 6.60. The summed E-state index contributed by atoms with van der Waals surface area (Å²) < 4.78 is 65.2. The third-order valence-corrected chi connectivity index (χ3v) is 4.53. The third-order valence-electron chi connectivity index (χ3n) is 3.13. The largest absolute Gasteiger partial charge is 0.416 e. The van der Waals surface area contributed by atoms with Gasteiger partial charge in [0.15, 0.2) is 0 Å². The Morgan fingerprint density at radius 3 is 2.17 bits per heavy atom. The van der Waals surface area contributed by atoms with Gasteiger partial charge in [0.1, 0.15) is 0 Å². The van der Waals surface area contributed by atoms with Crippen LogP contribution in [0, 0.1) is 6.92 Å². The fourth-order valence-corrected chi connectivity index (χ4v) is 2.96. The van der Waals surface area contributed by atoms with Crippen molar-refractivity contribution in [3.8, 4) is 0 Å². The highest BCUT2D eigenvalue weighted by Crippen LogP contribution is 2.32. The number of amides is 1. The van der Waals surface area contributed by atoms with Crippen LogP contribution in [-0.4, -0.2) is 14.3 Å². The molecule has 0 aliphatic rings. The van der Waals surface area contributed by atoms with Gasteiger partial charge in [0.05, 0.1) is 16.1 Å². The first-order chi connectivity index (χ1) is 11.0. The monoisotopic (exact) mass is 358 g/mol. The third kappa shape index (κ3) is 4.05. The standard InChI is InChI=1S/C15H13F3N2O3S/c1-9-2-4-13(5-3-9)24(22,23)20-12-7-10(14(19)21)6-11(8-12)15(16,17)18/h2-8,20H,1H3,(H2,19,21). The molecular weight excluding hydrogens is 345 g/mol. The van der Waals surface area contributed by atoms with Gasteiger partial charge in [0.2, 0.25) is 5.91 Å².